The summed E-state index contributed by atoms with van der Waals surface area (Å²) in [6, 6.07) is 0. The maximum Gasteiger partial charge on any atom is 0.227 e. The molecule has 0 saturated carbocycles. The Morgan fingerprint density at radius 2 is 1.57 bits per heavy atom. The van der Waals surface area contributed by atoms with Gasteiger partial charge < -0.3 is 10.2 Å². The Bertz CT molecular complexity index is 360. The van der Waals surface area contributed by atoms with Crippen LogP contribution in [0.2, 0.25) is 0 Å². The second-order valence-electron chi connectivity index (χ2n) is 3.21. The molecule has 4 heteroatoms. The van der Waals surface area contributed by atoms with Gasteiger partial charge in [0.1, 0.15) is 0 Å². The number of Topliss-reactive ketones (excluding diaryl/α,β-unsaturated/α-hetero) is 2. The number of hydrogen-bond donors (Lipinski definition) is 2. The molecule has 1 rings (SSSR count). The molecule has 0 aromatic carbocycles. The van der Waals surface area contributed by atoms with E-state index in [1.807, 2.05) is 6.92 Å². The van der Waals surface area contributed by atoms with Crippen molar-refractivity contribution in [2.75, 3.05) is 0 Å². The minimum Gasteiger partial charge on any atom is -0.501 e. The van der Waals surface area contributed by atoms with Crippen LogP contribution in [0.5, 0.6) is 0 Å². The Hall–Kier alpha value is -1.58. The average Bonchev–Trinajstić information content (AvgIpc) is 2.19. The molecule has 1 aliphatic rings. The number of ketones is 2. The van der Waals surface area contributed by atoms with E-state index in [9.17, 15) is 9.59 Å². The summed E-state index contributed by atoms with van der Waals surface area (Å²) in [4.78, 5) is 22.7. The molecule has 0 aliphatic heterocycles. The second kappa shape index (κ2) is 3.65. The van der Waals surface area contributed by atoms with E-state index >= 15 is 0 Å². The monoisotopic (exact) mass is 196 g/mol. The number of carbonyl (C=O) groups excluding carboxylic acids is 2. The summed E-state index contributed by atoms with van der Waals surface area (Å²) in [7, 11) is 0. The van der Waals surface area contributed by atoms with Crippen LogP contribution in [0.1, 0.15) is 26.7 Å². The Morgan fingerprint density at radius 3 is 2.07 bits per heavy atom. The van der Waals surface area contributed by atoms with Crippen molar-refractivity contribution in [1.82, 2.24) is 0 Å². The van der Waals surface area contributed by atoms with Crippen molar-refractivity contribution in [2.45, 2.75) is 26.7 Å². The SMILES string of the molecule is CCCC1=C(C)C(=O)C(O)=C(O)C1=O. The van der Waals surface area contributed by atoms with Crippen LogP contribution in [0, 0.1) is 0 Å². The van der Waals surface area contributed by atoms with Crippen molar-refractivity contribution in [3.8, 4) is 0 Å². The van der Waals surface area contributed by atoms with Crippen LogP contribution in [-0.2, 0) is 9.59 Å². The molecule has 2 N–H and O–H groups in total. The fourth-order valence-corrected chi connectivity index (χ4v) is 1.39. The topological polar surface area (TPSA) is 74.6 Å². The van der Waals surface area contributed by atoms with Crippen molar-refractivity contribution in [1.29, 1.82) is 0 Å². The predicted octanol–water partition coefficient (Wildman–Crippen LogP) is 1.58. The molecule has 0 unspecified atom stereocenters. The van der Waals surface area contributed by atoms with Gasteiger partial charge >= 0.3 is 0 Å². The Morgan fingerprint density at radius 1 is 1.07 bits per heavy atom. The summed E-state index contributed by atoms with van der Waals surface area (Å²) in [5.74, 6) is -2.97. The van der Waals surface area contributed by atoms with Crippen molar-refractivity contribution in [3.63, 3.8) is 0 Å². The zero-order valence-corrected chi connectivity index (χ0v) is 8.13. The quantitative estimate of drug-likeness (QED) is 0.657. The first-order valence-corrected chi connectivity index (χ1v) is 4.42. The molecule has 1 aliphatic carbocycles. The van der Waals surface area contributed by atoms with E-state index in [2.05, 4.69) is 0 Å². The molecule has 0 amide bonds. The van der Waals surface area contributed by atoms with Crippen molar-refractivity contribution in [3.05, 3.63) is 22.7 Å². The first-order chi connectivity index (χ1) is 6.50. The van der Waals surface area contributed by atoms with E-state index in [1.165, 1.54) is 6.92 Å². The van der Waals surface area contributed by atoms with Gasteiger partial charge in [-0.2, -0.15) is 0 Å². The molecule has 14 heavy (non-hydrogen) atoms. The van der Waals surface area contributed by atoms with Gasteiger partial charge in [-0.15, -0.1) is 0 Å². The molecule has 76 valence electrons. The highest BCUT2D eigenvalue weighted by Gasteiger charge is 2.31. The lowest BCUT2D eigenvalue weighted by Crippen LogP contribution is -2.22. The molecule has 0 heterocycles. The Kier molecular flexibility index (Phi) is 2.74. The predicted molar refractivity (Wildman–Crippen MR) is 49.9 cm³/mol. The molecule has 0 fully saturated rings. The molecule has 0 bridgehead atoms. The fraction of sp³-hybridized carbons (Fsp3) is 0.400. The van der Waals surface area contributed by atoms with Crippen molar-refractivity contribution in [2.24, 2.45) is 0 Å². The van der Waals surface area contributed by atoms with Gasteiger partial charge in [0, 0.05) is 11.1 Å². The number of aliphatic hydroxyl groups is 2. The van der Waals surface area contributed by atoms with Gasteiger partial charge in [0.05, 0.1) is 0 Å². The van der Waals surface area contributed by atoms with Crippen LogP contribution in [0.15, 0.2) is 22.7 Å². The normalized spacial score (nSPS) is 18.1. The molecule has 0 radical (unpaired) electrons. The van der Waals surface area contributed by atoms with E-state index in [4.69, 9.17) is 10.2 Å². The lowest BCUT2D eigenvalue weighted by Gasteiger charge is -2.15. The lowest BCUT2D eigenvalue weighted by atomic mass is 9.91. The standard InChI is InChI=1S/C10H12O4/c1-3-4-6-5(2)7(11)9(13)10(14)8(6)12/h13-14H,3-4H2,1-2H3. The summed E-state index contributed by atoms with van der Waals surface area (Å²) in [6.45, 7) is 3.35. The first kappa shape index (κ1) is 10.5. The van der Waals surface area contributed by atoms with Crippen LogP contribution in [0.25, 0.3) is 0 Å². The average molecular weight is 196 g/mol. The Balaban J connectivity index is 3.19. The summed E-state index contributed by atoms with van der Waals surface area (Å²) in [5, 5.41) is 18.3. The van der Waals surface area contributed by atoms with E-state index in [-0.39, 0.29) is 5.57 Å². The number of carbonyl (C=O) groups is 2. The van der Waals surface area contributed by atoms with Crippen LogP contribution in [0.3, 0.4) is 0 Å². The number of allylic oxidation sites excluding steroid dienone is 2. The van der Waals surface area contributed by atoms with E-state index in [0.29, 0.717) is 18.4 Å². The third kappa shape index (κ3) is 1.43. The summed E-state index contributed by atoms with van der Waals surface area (Å²) >= 11 is 0. The van der Waals surface area contributed by atoms with Gasteiger partial charge in [-0.25, -0.2) is 0 Å². The van der Waals surface area contributed by atoms with Gasteiger partial charge in [-0.3, -0.25) is 9.59 Å². The van der Waals surface area contributed by atoms with Gasteiger partial charge in [0.25, 0.3) is 0 Å². The van der Waals surface area contributed by atoms with Crippen molar-refractivity contribution >= 4 is 11.6 Å². The smallest absolute Gasteiger partial charge is 0.227 e. The third-order valence-electron chi connectivity index (χ3n) is 2.22. The van der Waals surface area contributed by atoms with Crippen LogP contribution < -0.4 is 0 Å². The van der Waals surface area contributed by atoms with Gasteiger partial charge in [-0.05, 0) is 13.3 Å². The largest absolute Gasteiger partial charge is 0.501 e. The first-order valence-electron chi connectivity index (χ1n) is 4.42. The summed E-state index contributed by atoms with van der Waals surface area (Å²) < 4.78 is 0. The Labute approximate surface area is 81.6 Å². The molecule has 4 nitrogen and oxygen atoms in total. The highest BCUT2D eigenvalue weighted by molar-refractivity contribution is 6.22. The highest BCUT2D eigenvalue weighted by Crippen LogP contribution is 2.24. The molecule has 0 saturated heterocycles. The summed E-state index contributed by atoms with van der Waals surface area (Å²) in [5.41, 5.74) is 0.528. The molecular weight excluding hydrogens is 184 g/mol. The molecule has 0 spiro atoms. The molecule has 0 aromatic rings. The zero-order valence-electron chi connectivity index (χ0n) is 8.13. The fourth-order valence-electron chi connectivity index (χ4n) is 1.39. The zero-order chi connectivity index (χ0) is 10.9. The van der Waals surface area contributed by atoms with Gasteiger partial charge in [0.2, 0.25) is 23.1 Å². The highest BCUT2D eigenvalue weighted by atomic mass is 16.3. The number of rotatable bonds is 2. The maximum atomic E-state index is 11.4. The second-order valence-corrected chi connectivity index (χ2v) is 3.21. The molecular formula is C10H12O4. The number of aliphatic hydroxyl groups excluding tert-OH is 2. The van der Waals surface area contributed by atoms with Gasteiger partial charge in [0.15, 0.2) is 0 Å². The number of hydrogen-bond acceptors (Lipinski definition) is 4. The third-order valence-corrected chi connectivity index (χ3v) is 2.22. The van der Waals surface area contributed by atoms with E-state index in [1.54, 1.807) is 0 Å². The summed E-state index contributed by atoms with van der Waals surface area (Å²) in [6.07, 6.45) is 1.15. The van der Waals surface area contributed by atoms with Crippen molar-refractivity contribution < 1.29 is 19.8 Å². The van der Waals surface area contributed by atoms with Crippen LogP contribution in [-0.4, -0.2) is 21.8 Å². The minimum atomic E-state index is -0.840. The van der Waals surface area contributed by atoms with Gasteiger partial charge in [-0.1, -0.05) is 13.3 Å². The maximum absolute atomic E-state index is 11.4. The molecule has 0 atom stereocenters. The minimum absolute atomic E-state index is 0.229. The van der Waals surface area contributed by atoms with Crippen LogP contribution in [0.4, 0.5) is 0 Å². The van der Waals surface area contributed by atoms with Crippen LogP contribution >= 0.6 is 0 Å². The van der Waals surface area contributed by atoms with E-state index in [0.717, 1.165) is 0 Å². The lowest BCUT2D eigenvalue weighted by molar-refractivity contribution is -0.120. The van der Waals surface area contributed by atoms with E-state index < -0.39 is 23.1 Å². The molecule has 0 aromatic heterocycles.